The van der Waals surface area contributed by atoms with Crippen LogP contribution in [0, 0.1) is 34.5 Å². The molecule has 7 unspecified atom stereocenters. The molecule has 174 valence electrons. The van der Waals surface area contributed by atoms with Crippen molar-refractivity contribution in [1.29, 1.82) is 0 Å². The van der Waals surface area contributed by atoms with Gasteiger partial charge in [-0.05, 0) is 74.5 Å². The van der Waals surface area contributed by atoms with E-state index in [1.54, 1.807) is 0 Å². The summed E-state index contributed by atoms with van der Waals surface area (Å²) >= 11 is 0. The van der Waals surface area contributed by atoms with Crippen molar-refractivity contribution in [3.05, 3.63) is 11.6 Å². The van der Waals surface area contributed by atoms with Crippen LogP contribution >= 0.6 is 0 Å². The number of alkyl halides is 3. The minimum atomic E-state index is -4.37. The van der Waals surface area contributed by atoms with E-state index in [0.29, 0.717) is 17.8 Å². The van der Waals surface area contributed by atoms with Crippen molar-refractivity contribution < 1.29 is 22.8 Å². The molecule has 0 radical (unpaired) electrons. The van der Waals surface area contributed by atoms with Gasteiger partial charge in [-0.3, -0.25) is 9.59 Å². The van der Waals surface area contributed by atoms with Crippen LogP contribution in [-0.2, 0) is 9.59 Å². The molecule has 0 aromatic carbocycles. The van der Waals surface area contributed by atoms with Gasteiger partial charge in [-0.15, -0.1) is 0 Å². The number of hydrogen-bond donors (Lipinski definition) is 1. The van der Waals surface area contributed by atoms with Crippen molar-refractivity contribution in [3.63, 3.8) is 0 Å². The molecule has 1 heterocycles. The summed E-state index contributed by atoms with van der Waals surface area (Å²) in [6.07, 6.45) is 3.74. The Labute approximate surface area is 183 Å². The average molecular weight is 441 g/mol. The molecule has 7 atom stereocenters. The smallest absolute Gasteiger partial charge is 0.347 e. The lowest BCUT2D eigenvalue weighted by atomic mass is 9.46. The van der Waals surface area contributed by atoms with Crippen molar-refractivity contribution in [2.45, 2.75) is 77.9 Å². The Morgan fingerprint density at radius 3 is 2.55 bits per heavy atom. The SMILES string of the molecule is CC1=CC(=O)N(C)C2CCC3C4CCC(CC(=O)NCC(F)(F)F)C4(C)CCC3C12C. The van der Waals surface area contributed by atoms with Gasteiger partial charge in [-0.25, -0.2) is 0 Å². The lowest BCUT2D eigenvalue weighted by molar-refractivity contribution is -0.142. The summed E-state index contributed by atoms with van der Waals surface area (Å²) in [5, 5.41) is 2.07. The number of nitrogens with zero attached hydrogens (tertiary/aromatic N) is 1. The molecule has 4 rings (SSSR count). The first-order valence-corrected chi connectivity index (χ1v) is 11.7. The van der Waals surface area contributed by atoms with E-state index >= 15 is 0 Å². The van der Waals surface area contributed by atoms with Gasteiger partial charge in [0.25, 0.3) is 0 Å². The molecular formula is C24H35F3N2O2. The van der Waals surface area contributed by atoms with Gasteiger partial charge in [-0.2, -0.15) is 13.2 Å². The minimum absolute atomic E-state index is 0.00788. The third-order valence-electron chi connectivity index (χ3n) is 9.79. The molecule has 4 nitrogen and oxygen atoms in total. The van der Waals surface area contributed by atoms with E-state index in [0.717, 1.165) is 38.5 Å². The summed E-state index contributed by atoms with van der Waals surface area (Å²) in [4.78, 5) is 26.6. The van der Waals surface area contributed by atoms with Crippen LogP contribution in [0.3, 0.4) is 0 Å². The molecule has 0 spiro atoms. The first kappa shape index (κ1) is 22.7. The van der Waals surface area contributed by atoms with Gasteiger partial charge in [0, 0.05) is 31.0 Å². The Morgan fingerprint density at radius 2 is 1.87 bits per heavy atom. The molecule has 1 N–H and O–H groups in total. The van der Waals surface area contributed by atoms with Gasteiger partial charge in [0.1, 0.15) is 6.54 Å². The van der Waals surface area contributed by atoms with Crippen molar-refractivity contribution in [2.24, 2.45) is 34.5 Å². The fraction of sp³-hybridized carbons (Fsp3) is 0.833. The Balaban J connectivity index is 1.51. The first-order valence-electron chi connectivity index (χ1n) is 11.7. The van der Waals surface area contributed by atoms with Crippen LogP contribution in [0.4, 0.5) is 13.2 Å². The van der Waals surface area contributed by atoms with Crippen molar-refractivity contribution >= 4 is 11.8 Å². The Morgan fingerprint density at radius 1 is 1.16 bits per heavy atom. The Bertz CT molecular complexity index is 794. The molecule has 1 aliphatic heterocycles. The molecule has 0 bridgehead atoms. The number of hydrogen-bond acceptors (Lipinski definition) is 2. The maximum atomic E-state index is 12.5. The van der Waals surface area contributed by atoms with E-state index in [9.17, 15) is 22.8 Å². The van der Waals surface area contributed by atoms with Crippen LogP contribution in [0.5, 0.6) is 0 Å². The number of nitrogens with one attached hydrogen (secondary N) is 1. The molecule has 3 aliphatic carbocycles. The largest absolute Gasteiger partial charge is 0.405 e. The lowest BCUT2D eigenvalue weighted by Gasteiger charge is -2.61. The lowest BCUT2D eigenvalue weighted by Crippen LogP contribution is -2.61. The third-order valence-corrected chi connectivity index (χ3v) is 9.79. The average Bonchev–Trinajstić information content (AvgIpc) is 3.01. The molecule has 31 heavy (non-hydrogen) atoms. The van der Waals surface area contributed by atoms with Crippen LogP contribution in [-0.4, -0.2) is 42.5 Å². The highest BCUT2D eigenvalue weighted by atomic mass is 19.4. The van der Waals surface area contributed by atoms with E-state index in [1.807, 2.05) is 18.0 Å². The molecular weight excluding hydrogens is 405 g/mol. The summed E-state index contributed by atoms with van der Waals surface area (Å²) in [5.74, 6) is 1.32. The van der Waals surface area contributed by atoms with Gasteiger partial charge in [0.2, 0.25) is 11.8 Å². The maximum absolute atomic E-state index is 12.5. The van der Waals surface area contributed by atoms with Crippen LogP contribution in [0.1, 0.15) is 65.7 Å². The van der Waals surface area contributed by atoms with Crippen LogP contribution in [0.25, 0.3) is 0 Å². The molecule has 3 fully saturated rings. The van der Waals surface area contributed by atoms with E-state index < -0.39 is 18.6 Å². The predicted molar refractivity (Wildman–Crippen MR) is 112 cm³/mol. The fourth-order valence-electron chi connectivity index (χ4n) is 8.02. The van der Waals surface area contributed by atoms with Crippen LogP contribution in [0.15, 0.2) is 11.6 Å². The summed E-state index contributed by atoms with van der Waals surface area (Å²) in [6.45, 7) is 5.47. The number of amides is 2. The normalized spacial score (nSPS) is 42.4. The van der Waals surface area contributed by atoms with Gasteiger partial charge in [-0.1, -0.05) is 19.4 Å². The highest BCUT2D eigenvalue weighted by Crippen LogP contribution is 2.66. The molecule has 0 aromatic heterocycles. The Hall–Kier alpha value is -1.53. The number of carbonyl (C=O) groups excluding carboxylic acids is 2. The van der Waals surface area contributed by atoms with E-state index in [1.165, 1.54) is 5.57 Å². The summed E-state index contributed by atoms with van der Waals surface area (Å²) in [6, 6.07) is 0.237. The number of carbonyl (C=O) groups is 2. The van der Waals surface area contributed by atoms with Gasteiger partial charge in [0.15, 0.2) is 0 Å². The minimum Gasteiger partial charge on any atom is -0.347 e. The molecule has 4 aliphatic rings. The maximum Gasteiger partial charge on any atom is 0.405 e. The van der Waals surface area contributed by atoms with Crippen molar-refractivity contribution in [2.75, 3.05) is 13.6 Å². The zero-order valence-electron chi connectivity index (χ0n) is 19.0. The second kappa shape index (κ2) is 7.51. The highest BCUT2D eigenvalue weighted by molar-refractivity contribution is 5.90. The van der Waals surface area contributed by atoms with E-state index in [2.05, 4.69) is 26.1 Å². The third kappa shape index (κ3) is 3.60. The second-order valence-electron chi connectivity index (χ2n) is 10.9. The summed E-state index contributed by atoms with van der Waals surface area (Å²) in [5.41, 5.74) is 1.18. The fourth-order valence-corrected chi connectivity index (χ4v) is 8.02. The molecule has 7 heteroatoms. The molecule has 0 saturated heterocycles. The predicted octanol–water partition coefficient (Wildman–Crippen LogP) is 4.70. The number of fused-ring (bicyclic) bond motifs is 5. The monoisotopic (exact) mass is 440 g/mol. The zero-order chi connectivity index (χ0) is 22.8. The van der Waals surface area contributed by atoms with Gasteiger partial charge < -0.3 is 10.2 Å². The van der Waals surface area contributed by atoms with Crippen molar-refractivity contribution in [3.8, 4) is 0 Å². The quantitative estimate of drug-likeness (QED) is 0.692. The molecule has 2 amide bonds. The van der Waals surface area contributed by atoms with Crippen LogP contribution < -0.4 is 5.32 Å². The van der Waals surface area contributed by atoms with E-state index in [-0.39, 0.29) is 35.1 Å². The number of rotatable bonds is 3. The molecule has 0 aromatic rings. The van der Waals surface area contributed by atoms with Gasteiger partial charge in [0.05, 0.1) is 0 Å². The molecule has 3 saturated carbocycles. The Kier molecular flexibility index (Phi) is 5.49. The first-order chi connectivity index (χ1) is 14.4. The van der Waals surface area contributed by atoms with Crippen molar-refractivity contribution in [1.82, 2.24) is 10.2 Å². The summed E-state index contributed by atoms with van der Waals surface area (Å²) < 4.78 is 37.4. The standard InChI is InChI=1S/C24H35F3N2O2/c1-14-11-21(31)29(4)19-8-6-16-17-7-5-15(12-20(30)28-13-24(25,26)27)22(17,2)10-9-18(16)23(14,19)3/h11,15-19H,5-10,12-13H2,1-4H3,(H,28,30). The number of halogens is 3. The van der Waals surface area contributed by atoms with Gasteiger partial charge >= 0.3 is 6.18 Å². The van der Waals surface area contributed by atoms with E-state index in [4.69, 9.17) is 0 Å². The topological polar surface area (TPSA) is 49.4 Å². The zero-order valence-corrected chi connectivity index (χ0v) is 19.0. The second-order valence-corrected chi connectivity index (χ2v) is 10.9. The van der Waals surface area contributed by atoms with Crippen LogP contribution in [0.2, 0.25) is 0 Å². The summed E-state index contributed by atoms with van der Waals surface area (Å²) in [7, 11) is 1.92. The number of likely N-dealkylation sites (N-methyl/N-ethyl adjacent to an activating group) is 1. The highest BCUT2D eigenvalue weighted by Gasteiger charge is 2.61.